The summed E-state index contributed by atoms with van der Waals surface area (Å²) in [6.07, 6.45) is 3.83. The first-order chi connectivity index (χ1) is 16.0. The summed E-state index contributed by atoms with van der Waals surface area (Å²) in [6.45, 7) is 2.01. The van der Waals surface area contributed by atoms with E-state index in [0.29, 0.717) is 5.56 Å². The molecule has 0 saturated carbocycles. The summed E-state index contributed by atoms with van der Waals surface area (Å²) < 4.78 is 0. The highest BCUT2D eigenvalue weighted by Crippen LogP contribution is 2.36. The molecular formula is C25H19Cl2N3O3. The number of barbiturate groups is 1. The zero-order chi connectivity index (χ0) is 23.1. The highest BCUT2D eigenvalue weighted by molar-refractivity contribution is 6.46. The van der Waals surface area contributed by atoms with Crippen molar-refractivity contribution in [3.05, 3.63) is 75.8 Å². The molecule has 0 atom stereocenters. The van der Waals surface area contributed by atoms with Crippen molar-refractivity contribution < 1.29 is 14.4 Å². The van der Waals surface area contributed by atoms with Crippen molar-refractivity contribution >= 4 is 69.3 Å². The van der Waals surface area contributed by atoms with Gasteiger partial charge in [-0.05, 0) is 48.1 Å². The summed E-state index contributed by atoms with van der Waals surface area (Å²) in [5.41, 5.74) is 1.79. The number of nitrogens with zero attached hydrogens (tertiary/aromatic N) is 2. The molecular weight excluding hydrogens is 461 g/mol. The Kier molecular flexibility index (Phi) is 5.56. The van der Waals surface area contributed by atoms with Crippen LogP contribution in [0.4, 0.5) is 16.2 Å². The van der Waals surface area contributed by atoms with E-state index in [4.69, 9.17) is 23.2 Å². The van der Waals surface area contributed by atoms with Gasteiger partial charge in [0, 0.05) is 24.2 Å². The van der Waals surface area contributed by atoms with Gasteiger partial charge in [-0.3, -0.25) is 14.9 Å². The largest absolute Gasteiger partial charge is 0.371 e. The van der Waals surface area contributed by atoms with Crippen LogP contribution in [0.2, 0.25) is 10.0 Å². The molecule has 2 saturated heterocycles. The standard InChI is InChI=1S/C25H19Cl2N3O3/c26-19-8-5-9-21(22(19)27)30-24(32)18(23(31)28-25(30)33)14-15-10-11-20(29-12-3-4-13-29)17-7-2-1-6-16(15)17/h1-2,5-11,14H,3-4,12-13H2,(H,28,31,33)/b18-14+. The fourth-order valence-corrected chi connectivity index (χ4v) is 4.74. The Bertz CT molecular complexity index is 1350. The highest BCUT2D eigenvalue weighted by atomic mass is 35.5. The second kappa shape index (κ2) is 8.54. The lowest BCUT2D eigenvalue weighted by Gasteiger charge is -2.27. The molecule has 4 amide bonds. The molecule has 0 unspecified atom stereocenters. The minimum absolute atomic E-state index is 0.0526. The lowest BCUT2D eigenvalue weighted by molar-refractivity contribution is -0.122. The van der Waals surface area contributed by atoms with Crippen LogP contribution in [-0.4, -0.2) is 30.9 Å². The number of rotatable bonds is 3. The number of hydrogen-bond acceptors (Lipinski definition) is 4. The molecule has 0 bridgehead atoms. The minimum atomic E-state index is -0.874. The first-order valence-corrected chi connectivity index (χ1v) is 11.3. The maximum atomic E-state index is 13.3. The molecule has 2 aliphatic rings. The van der Waals surface area contributed by atoms with Gasteiger partial charge in [0.1, 0.15) is 5.57 Å². The summed E-state index contributed by atoms with van der Waals surface area (Å²) in [4.78, 5) is 41.6. The molecule has 166 valence electrons. The van der Waals surface area contributed by atoms with Gasteiger partial charge in [0.15, 0.2) is 0 Å². The zero-order valence-corrected chi connectivity index (χ0v) is 19.0. The quantitative estimate of drug-likeness (QED) is 0.402. The molecule has 5 rings (SSSR count). The normalized spacial score (nSPS) is 17.9. The predicted molar refractivity (Wildman–Crippen MR) is 131 cm³/mol. The van der Waals surface area contributed by atoms with E-state index in [-0.39, 0.29) is 21.3 Å². The smallest absolute Gasteiger partial charge is 0.336 e. The number of urea groups is 1. The number of hydrogen-bond donors (Lipinski definition) is 1. The average Bonchev–Trinajstić information content (AvgIpc) is 3.34. The van der Waals surface area contributed by atoms with Crippen LogP contribution in [0.3, 0.4) is 0 Å². The molecule has 3 aromatic carbocycles. The van der Waals surface area contributed by atoms with Gasteiger partial charge in [-0.25, -0.2) is 9.69 Å². The Balaban J connectivity index is 1.60. The number of carbonyl (C=O) groups excluding carboxylic acids is 3. The summed E-state index contributed by atoms with van der Waals surface area (Å²) in [5, 5.41) is 4.44. The Hall–Kier alpha value is -3.35. The lowest BCUT2D eigenvalue weighted by Crippen LogP contribution is -2.54. The predicted octanol–water partition coefficient (Wildman–Crippen LogP) is 5.41. The van der Waals surface area contributed by atoms with Crippen molar-refractivity contribution in [2.75, 3.05) is 22.9 Å². The van der Waals surface area contributed by atoms with Crippen molar-refractivity contribution in [3.63, 3.8) is 0 Å². The molecule has 2 heterocycles. The Morgan fingerprint density at radius 1 is 0.818 bits per heavy atom. The molecule has 0 aliphatic carbocycles. The SMILES string of the molecule is O=C1NC(=O)N(c2cccc(Cl)c2Cl)C(=O)/C1=C/c1ccc(N2CCCC2)c2ccccc12. The van der Waals surface area contributed by atoms with Crippen LogP contribution in [0, 0.1) is 0 Å². The van der Waals surface area contributed by atoms with Crippen LogP contribution in [0.5, 0.6) is 0 Å². The average molecular weight is 480 g/mol. The number of benzene rings is 3. The second-order valence-electron chi connectivity index (χ2n) is 7.94. The van der Waals surface area contributed by atoms with Gasteiger partial charge in [0.25, 0.3) is 11.8 Å². The number of anilines is 2. The van der Waals surface area contributed by atoms with E-state index in [1.807, 2.05) is 36.4 Å². The summed E-state index contributed by atoms with van der Waals surface area (Å²) in [7, 11) is 0. The molecule has 2 fully saturated rings. The highest BCUT2D eigenvalue weighted by Gasteiger charge is 2.38. The molecule has 0 radical (unpaired) electrons. The van der Waals surface area contributed by atoms with Crippen molar-refractivity contribution in [1.29, 1.82) is 0 Å². The van der Waals surface area contributed by atoms with Crippen LogP contribution in [0.15, 0.2) is 60.2 Å². The van der Waals surface area contributed by atoms with Crippen LogP contribution in [0.1, 0.15) is 18.4 Å². The van der Waals surface area contributed by atoms with E-state index in [9.17, 15) is 14.4 Å². The first-order valence-electron chi connectivity index (χ1n) is 10.6. The Labute approximate surface area is 200 Å². The number of amides is 4. The van der Waals surface area contributed by atoms with E-state index in [0.717, 1.165) is 47.3 Å². The van der Waals surface area contributed by atoms with Gasteiger partial charge < -0.3 is 4.90 Å². The van der Waals surface area contributed by atoms with Gasteiger partial charge in [-0.2, -0.15) is 0 Å². The monoisotopic (exact) mass is 479 g/mol. The molecule has 33 heavy (non-hydrogen) atoms. The number of carbonyl (C=O) groups is 3. The molecule has 6 nitrogen and oxygen atoms in total. The Morgan fingerprint density at radius 2 is 1.55 bits per heavy atom. The topological polar surface area (TPSA) is 69.7 Å². The van der Waals surface area contributed by atoms with Crippen LogP contribution >= 0.6 is 23.2 Å². The van der Waals surface area contributed by atoms with Crippen molar-refractivity contribution in [1.82, 2.24) is 5.32 Å². The zero-order valence-electron chi connectivity index (χ0n) is 17.5. The first kappa shape index (κ1) is 21.5. The third-order valence-corrected chi connectivity index (χ3v) is 6.76. The number of fused-ring (bicyclic) bond motifs is 1. The fourth-order valence-electron chi connectivity index (χ4n) is 4.36. The maximum absolute atomic E-state index is 13.3. The third kappa shape index (κ3) is 3.75. The van der Waals surface area contributed by atoms with Gasteiger partial charge in [0.2, 0.25) is 0 Å². The van der Waals surface area contributed by atoms with Gasteiger partial charge in [0.05, 0.1) is 15.7 Å². The van der Waals surface area contributed by atoms with E-state index >= 15 is 0 Å². The van der Waals surface area contributed by atoms with Crippen LogP contribution < -0.4 is 15.1 Å². The van der Waals surface area contributed by atoms with E-state index < -0.39 is 17.8 Å². The molecule has 0 spiro atoms. The van der Waals surface area contributed by atoms with Gasteiger partial charge >= 0.3 is 6.03 Å². The van der Waals surface area contributed by atoms with Gasteiger partial charge in [-0.1, -0.05) is 59.6 Å². The Morgan fingerprint density at radius 3 is 2.30 bits per heavy atom. The summed E-state index contributed by atoms with van der Waals surface area (Å²) >= 11 is 12.3. The van der Waals surface area contributed by atoms with E-state index in [1.165, 1.54) is 12.1 Å². The van der Waals surface area contributed by atoms with Crippen molar-refractivity contribution in [3.8, 4) is 0 Å². The summed E-state index contributed by atoms with van der Waals surface area (Å²) in [5.74, 6) is -1.52. The lowest BCUT2D eigenvalue weighted by atomic mass is 9.99. The number of halogens is 2. The third-order valence-electron chi connectivity index (χ3n) is 5.96. The van der Waals surface area contributed by atoms with Crippen molar-refractivity contribution in [2.45, 2.75) is 12.8 Å². The second-order valence-corrected chi connectivity index (χ2v) is 8.73. The maximum Gasteiger partial charge on any atom is 0.336 e. The van der Waals surface area contributed by atoms with Crippen LogP contribution in [0.25, 0.3) is 16.8 Å². The van der Waals surface area contributed by atoms with Gasteiger partial charge in [-0.15, -0.1) is 0 Å². The molecule has 0 aromatic heterocycles. The van der Waals surface area contributed by atoms with Crippen molar-refractivity contribution in [2.24, 2.45) is 0 Å². The fraction of sp³-hybridized carbons (Fsp3) is 0.160. The summed E-state index contributed by atoms with van der Waals surface area (Å²) in [6, 6.07) is 15.6. The molecule has 3 aromatic rings. The van der Waals surface area contributed by atoms with E-state index in [1.54, 1.807) is 12.1 Å². The molecule has 2 aliphatic heterocycles. The molecule has 1 N–H and O–H groups in total. The minimum Gasteiger partial charge on any atom is -0.371 e. The molecule has 8 heteroatoms. The van der Waals surface area contributed by atoms with Crippen LogP contribution in [-0.2, 0) is 9.59 Å². The van der Waals surface area contributed by atoms with E-state index in [2.05, 4.69) is 10.2 Å². The number of imide groups is 2. The number of nitrogens with one attached hydrogen (secondary N) is 1.